The largest absolute Gasteiger partial charge is 0.463 e. The van der Waals surface area contributed by atoms with Crippen LogP contribution in [0, 0.1) is 41.5 Å². The third-order valence-corrected chi connectivity index (χ3v) is 30.9. The van der Waals surface area contributed by atoms with Crippen molar-refractivity contribution in [2.45, 2.75) is 257 Å². The molecule has 0 saturated carbocycles. The van der Waals surface area contributed by atoms with Crippen molar-refractivity contribution in [3.8, 4) is 0 Å². The summed E-state index contributed by atoms with van der Waals surface area (Å²) < 4.78 is 128. The number of rotatable bonds is 39. The van der Waals surface area contributed by atoms with Gasteiger partial charge < -0.3 is 99.3 Å². The van der Waals surface area contributed by atoms with Gasteiger partial charge in [0.15, 0.2) is 82.3 Å². The second-order valence-corrected chi connectivity index (χ2v) is 43.6. The molecule has 8 aromatic rings. The van der Waals surface area contributed by atoms with Crippen LogP contribution in [-0.2, 0) is 118 Å². The van der Waals surface area contributed by atoms with Crippen LogP contribution in [0.25, 0.3) is 0 Å². The Balaban J connectivity index is 0.975. The summed E-state index contributed by atoms with van der Waals surface area (Å²) in [4.78, 5) is 240. The number of fused-ring (bicyclic) bond motifs is 2. The van der Waals surface area contributed by atoms with Crippen molar-refractivity contribution in [3.05, 3.63) is 296 Å². The van der Waals surface area contributed by atoms with E-state index in [0.717, 1.165) is 13.8 Å². The van der Waals surface area contributed by atoms with Crippen LogP contribution < -0.4 is 0 Å². The smallest absolute Gasteiger partial charge is 0.338 e. The first-order chi connectivity index (χ1) is 70.9. The van der Waals surface area contributed by atoms with Crippen molar-refractivity contribution in [2.24, 2.45) is 0 Å². The molecule has 0 N–H and O–H groups in total. The second kappa shape index (κ2) is 48.3. The molecule has 0 unspecified atom stereocenters. The molecule has 4 amide bonds. The van der Waals surface area contributed by atoms with Gasteiger partial charge in [-0.25, -0.2) is 28.8 Å². The van der Waals surface area contributed by atoms with Crippen LogP contribution in [0.4, 0.5) is 0 Å². The van der Waals surface area contributed by atoms with Gasteiger partial charge in [-0.1, -0.05) is 157 Å². The third kappa shape index (κ3) is 26.5. The van der Waals surface area contributed by atoms with Crippen LogP contribution in [0.1, 0.15) is 211 Å². The molecule has 786 valence electrons. The van der Waals surface area contributed by atoms with Gasteiger partial charge in [-0.05, 0) is 171 Å². The minimum atomic E-state index is -3.17. The molecule has 0 aliphatic carbocycles. The number of esters is 10. The zero-order valence-electron chi connectivity index (χ0n) is 84.9. The molecule has 0 radical (unpaired) electrons. The summed E-state index contributed by atoms with van der Waals surface area (Å²) >= 11 is 0. The maximum atomic E-state index is 16.2. The summed E-state index contributed by atoms with van der Waals surface area (Å²) in [5.41, 5.74) is 2.51. The Bertz CT molecular complexity index is 6250. The third-order valence-electron chi connectivity index (χ3n) is 26.4. The molecule has 0 aromatic heterocycles. The van der Waals surface area contributed by atoms with Gasteiger partial charge in [0, 0.05) is 26.7 Å². The fraction of sp³-hybridized carbons (Fsp3) is 0.405. The van der Waals surface area contributed by atoms with E-state index in [4.69, 9.17) is 89.7 Å². The number of carbonyl (C=O) groups excluding carboxylic acids is 16. The van der Waals surface area contributed by atoms with Crippen LogP contribution in [0.5, 0.6) is 0 Å². The average Bonchev–Trinajstić information content (AvgIpc) is 1.63. The molecule has 6 heterocycles. The average molecular weight is 2070 g/mol. The molecule has 0 spiro atoms. The fourth-order valence-corrected chi connectivity index (χ4v) is 18.4. The molecule has 14 rings (SSSR count). The number of Topliss-reactive ketones (excluding diaryl/α,β-unsaturated/α-hetero) is 2. The highest BCUT2D eigenvalue weighted by molar-refractivity contribution is 6.74. The Kier molecular flexibility index (Phi) is 35.8. The maximum absolute atomic E-state index is 16.2. The van der Waals surface area contributed by atoms with Crippen molar-refractivity contribution in [1.29, 1.82) is 0 Å². The van der Waals surface area contributed by atoms with Crippen molar-refractivity contribution in [3.63, 3.8) is 0 Å². The zero-order chi connectivity index (χ0) is 107. The molecule has 4 fully saturated rings. The second-order valence-electron chi connectivity index (χ2n) is 38.8. The van der Waals surface area contributed by atoms with Crippen molar-refractivity contribution >= 4 is 103 Å². The van der Waals surface area contributed by atoms with E-state index in [0.29, 0.717) is 43.2 Å². The highest BCUT2D eigenvalue weighted by Crippen LogP contribution is 2.46. The van der Waals surface area contributed by atoms with Crippen LogP contribution in [0.15, 0.2) is 207 Å². The molecule has 0 bridgehead atoms. The van der Waals surface area contributed by atoms with E-state index >= 15 is 47.9 Å². The predicted octanol–water partition coefficient (Wildman–Crippen LogP) is 13.1. The van der Waals surface area contributed by atoms with E-state index in [-0.39, 0.29) is 68.5 Å². The van der Waals surface area contributed by atoms with E-state index in [1.807, 2.05) is 33.9 Å². The normalized spacial score (nSPS) is 24.6. The minimum absolute atomic E-state index is 0.0861. The lowest BCUT2D eigenvalue weighted by Gasteiger charge is -2.52. The topological polar surface area (TPSA) is 455 Å². The van der Waals surface area contributed by atoms with Crippen LogP contribution in [0.3, 0.4) is 0 Å². The van der Waals surface area contributed by atoms with E-state index in [9.17, 15) is 28.8 Å². The van der Waals surface area contributed by atoms with Crippen LogP contribution in [-0.4, -0.2) is 269 Å². The van der Waals surface area contributed by atoms with Gasteiger partial charge in [0.2, 0.25) is 0 Å². The molecular weight excluding hydrogens is 1950 g/mol. The molecule has 38 heteroatoms. The summed E-state index contributed by atoms with van der Waals surface area (Å²) in [6.45, 7) is 23.9. The van der Waals surface area contributed by atoms with Crippen LogP contribution >= 0.6 is 0 Å². The van der Waals surface area contributed by atoms with Gasteiger partial charge in [-0.2, -0.15) is 0 Å². The van der Waals surface area contributed by atoms with Gasteiger partial charge in [0.25, 0.3) is 23.6 Å². The van der Waals surface area contributed by atoms with E-state index < -0.39 is 277 Å². The summed E-state index contributed by atoms with van der Waals surface area (Å²) in [5.74, 6) is -16.4. The van der Waals surface area contributed by atoms with E-state index in [1.165, 1.54) is 141 Å². The van der Waals surface area contributed by atoms with Crippen molar-refractivity contribution in [2.75, 3.05) is 33.0 Å². The molecular formula is C111H118N2O35Si. The Hall–Kier alpha value is -14.3. The molecule has 6 aliphatic rings. The standard InChI is InChI=1S/C111H118N2O35Si/c1-17-54-130-107-85(112-97(120)75-22-18-19-23-76(75)98(112)121)91(147-109-95(145-105(128)73-48-34-63(6)35-49-73)93(143-103(126)71-44-30-61(4)31-45-71)89(141-101(124)69-40-26-59(2)27-41-69)79(139-109)55-131-83(118)52-38-65(8)114)87(135-67(10)116)81(137-107)57-133-108-86(113-99(122)77-24-20-21-25-78(77)100(113)123)92(88(136-68(11)117)82(138-108)58-134-149(15,16)111(12,13)14)148-110-96(146-106(129)74-50-36-64(7)37-51-74)94(144-104(127)72-46-32-62(5)33-47-72)90(142-102(125)70-42-28-60(3)29-43-70)80(140-110)56-132-84(119)53-39-66(9)115/h17-37,40-51,79-82,85-96,107-110H,1,38-39,52-58H2,2-16H3/t79-,80-,81-,82-,85-,86-,87+,88+,89-,90-,91-,92-,93+,94+,95-,96-,107-,108-,109+,110+/m1/s1. The number of imide groups is 2. The number of aryl methyl sites for hydroxylation is 6. The van der Waals surface area contributed by atoms with E-state index in [1.54, 1.807) is 114 Å². The predicted molar refractivity (Wildman–Crippen MR) is 526 cm³/mol. The lowest BCUT2D eigenvalue weighted by Crippen LogP contribution is -2.71. The SMILES string of the molecule is C=CCO[C@@H]1O[C@H](CO[C@@H]2O[C@H](CO[Si](C)(C)C(C)(C)C)[C@H](OC(C)=O)[C@H](O[C@@H]3O[C@H](COC(=O)CCC(C)=O)[C@@H](OC(=O)c4ccc(C)cc4)[C@H](OC(=O)c4ccc(C)cc4)[C@H]3OC(=O)c3ccc(C)cc3)[C@H]2N2C(=O)c3ccccc3C2=O)[C@H](OC(C)=O)[C@H](O[C@@H]2O[C@H](COC(=O)CCC(C)=O)[C@@H](OC(=O)c3ccc(C)cc3)[C@H](OC(=O)c3ccc(C)cc3)[C@H]2OC(=O)c2ccc(C)cc2)[C@H]1N1C(=O)c2ccccc2C1=O. The fourth-order valence-electron chi connectivity index (χ4n) is 17.4. The number of nitrogens with zero attached hydrogens (tertiary/aromatic N) is 2. The first kappa shape index (κ1) is 110. The van der Waals surface area contributed by atoms with Gasteiger partial charge in [-0.15, -0.1) is 6.58 Å². The Morgan fingerprint density at radius 3 is 0.852 bits per heavy atom. The van der Waals surface area contributed by atoms with Gasteiger partial charge in [0.1, 0.15) is 73.5 Å². The number of amides is 4. The summed E-state index contributed by atoms with van der Waals surface area (Å²) in [6.07, 6.45) is -39.6. The highest BCUT2D eigenvalue weighted by atomic mass is 28.4. The number of hydrogen-bond donors (Lipinski definition) is 0. The lowest BCUT2D eigenvalue weighted by molar-refractivity contribution is -0.359. The molecule has 8 aromatic carbocycles. The molecule has 149 heavy (non-hydrogen) atoms. The number of benzene rings is 8. The highest BCUT2D eigenvalue weighted by Gasteiger charge is 2.65. The molecule has 4 saturated heterocycles. The molecule has 20 atom stereocenters. The zero-order valence-corrected chi connectivity index (χ0v) is 85.9. The van der Waals surface area contributed by atoms with Gasteiger partial charge in [0.05, 0.1) is 88.3 Å². The summed E-state index contributed by atoms with van der Waals surface area (Å²) in [6, 6.07) is 42.6. The van der Waals surface area contributed by atoms with Crippen molar-refractivity contribution in [1.82, 2.24) is 9.80 Å². The lowest BCUT2D eigenvalue weighted by atomic mass is 9.93. The van der Waals surface area contributed by atoms with E-state index in [2.05, 4.69) is 6.58 Å². The number of hydrogen-bond acceptors (Lipinski definition) is 35. The Morgan fingerprint density at radius 2 is 0.577 bits per heavy atom. The van der Waals surface area contributed by atoms with Crippen molar-refractivity contribution < 1.29 is 166 Å². The quantitative estimate of drug-likeness (QED) is 0.0113. The van der Waals surface area contributed by atoms with Gasteiger partial charge >= 0.3 is 59.7 Å². The first-order valence-electron chi connectivity index (χ1n) is 48.6. The van der Waals surface area contributed by atoms with Crippen LogP contribution in [0.2, 0.25) is 18.1 Å². The number of ether oxygens (including phenoxy) is 18. The summed E-state index contributed by atoms with van der Waals surface area (Å²) in [7, 11) is -3.17. The number of carbonyl (C=O) groups is 16. The monoisotopic (exact) mass is 2070 g/mol. The number of ketones is 2. The molecule has 6 aliphatic heterocycles. The Labute approximate surface area is 860 Å². The molecule has 37 nitrogen and oxygen atoms in total. The summed E-state index contributed by atoms with van der Waals surface area (Å²) in [5, 5.41) is -0.649. The first-order valence-corrected chi connectivity index (χ1v) is 51.5. The van der Waals surface area contributed by atoms with Gasteiger partial charge in [-0.3, -0.25) is 48.2 Å². The minimum Gasteiger partial charge on any atom is -0.463 e. The Morgan fingerprint density at radius 1 is 0.322 bits per heavy atom. The maximum Gasteiger partial charge on any atom is 0.338 e.